The maximum absolute atomic E-state index is 5.12. The van der Waals surface area contributed by atoms with Crippen molar-refractivity contribution in [2.24, 2.45) is 5.92 Å². The number of imidazole rings is 2. The molecule has 0 spiro atoms. The first-order valence-corrected chi connectivity index (χ1v) is 18.3. The zero-order valence-corrected chi connectivity index (χ0v) is 29.4. The van der Waals surface area contributed by atoms with E-state index >= 15 is 0 Å². The molecule has 9 aromatic rings. The quantitative estimate of drug-likeness (QED) is 0.175. The minimum absolute atomic E-state index is 0.491. The molecule has 7 aromatic carbocycles. The molecule has 0 saturated heterocycles. The molecule has 1 atom stereocenters. The molecular formula is C49H36N4. The third-order valence-electron chi connectivity index (χ3n) is 10.5. The van der Waals surface area contributed by atoms with E-state index in [2.05, 4.69) is 186 Å². The fraction of sp³-hybridized carbons (Fsp3) is 0.0612. The molecule has 0 saturated carbocycles. The lowest BCUT2D eigenvalue weighted by atomic mass is 9.92. The van der Waals surface area contributed by atoms with Crippen molar-refractivity contribution in [1.29, 1.82) is 0 Å². The van der Waals surface area contributed by atoms with Crippen molar-refractivity contribution in [3.63, 3.8) is 0 Å². The molecule has 1 aliphatic carbocycles. The maximum Gasteiger partial charge on any atom is 0.145 e. The monoisotopic (exact) mass is 680 g/mol. The zero-order chi connectivity index (χ0) is 35.3. The average Bonchev–Trinajstić information content (AvgIpc) is 3.81. The van der Waals surface area contributed by atoms with Gasteiger partial charge in [0.2, 0.25) is 0 Å². The fourth-order valence-electron chi connectivity index (χ4n) is 7.92. The SMILES string of the molecule is CC1C=C(n2c(-c3ccc(-c4cccc5c(-c6ccc(-c7nc8ccccc8n7-c7ccccc7)cc6)cccc45)cc3)nc3ccccc32)C=CC1. The van der Waals surface area contributed by atoms with Crippen LogP contribution in [-0.2, 0) is 0 Å². The molecule has 2 aromatic heterocycles. The Morgan fingerprint density at radius 1 is 0.472 bits per heavy atom. The van der Waals surface area contributed by atoms with Crippen molar-refractivity contribution in [3.05, 3.63) is 182 Å². The van der Waals surface area contributed by atoms with Crippen LogP contribution in [0.5, 0.6) is 0 Å². The Morgan fingerprint density at radius 3 is 1.53 bits per heavy atom. The second kappa shape index (κ2) is 12.8. The Hall–Kier alpha value is -6.78. The van der Waals surface area contributed by atoms with Crippen molar-refractivity contribution in [1.82, 2.24) is 19.1 Å². The highest BCUT2D eigenvalue weighted by molar-refractivity contribution is 6.04. The number of rotatable bonds is 6. The lowest BCUT2D eigenvalue weighted by Crippen LogP contribution is -2.03. The summed E-state index contributed by atoms with van der Waals surface area (Å²) in [7, 11) is 0. The third kappa shape index (κ3) is 5.39. The van der Waals surface area contributed by atoms with Crippen LogP contribution >= 0.6 is 0 Å². The van der Waals surface area contributed by atoms with E-state index in [1.807, 2.05) is 12.1 Å². The molecule has 4 nitrogen and oxygen atoms in total. The van der Waals surface area contributed by atoms with Crippen molar-refractivity contribution >= 4 is 38.5 Å². The largest absolute Gasteiger partial charge is 0.293 e. The van der Waals surface area contributed by atoms with Gasteiger partial charge in [0, 0.05) is 22.5 Å². The van der Waals surface area contributed by atoms with Gasteiger partial charge in [-0.2, -0.15) is 0 Å². The van der Waals surface area contributed by atoms with Crippen LogP contribution in [0.3, 0.4) is 0 Å². The van der Waals surface area contributed by atoms with E-state index in [9.17, 15) is 0 Å². The van der Waals surface area contributed by atoms with Crippen LogP contribution in [0, 0.1) is 5.92 Å². The summed E-state index contributed by atoms with van der Waals surface area (Å²) in [5.74, 6) is 2.39. The highest BCUT2D eigenvalue weighted by Gasteiger charge is 2.18. The Morgan fingerprint density at radius 2 is 0.962 bits per heavy atom. The van der Waals surface area contributed by atoms with Crippen molar-refractivity contribution in [2.45, 2.75) is 13.3 Å². The Balaban J connectivity index is 1.01. The summed E-state index contributed by atoms with van der Waals surface area (Å²) in [6.07, 6.45) is 7.92. The summed E-state index contributed by atoms with van der Waals surface area (Å²) in [5, 5.41) is 2.46. The molecule has 4 heteroatoms. The normalized spacial score (nSPS) is 14.3. The van der Waals surface area contributed by atoms with Crippen LogP contribution in [0.15, 0.2) is 182 Å². The molecule has 1 aliphatic rings. The molecule has 252 valence electrons. The van der Waals surface area contributed by atoms with Gasteiger partial charge in [-0.25, -0.2) is 9.97 Å². The molecule has 10 rings (SSSR count). The maximum atomic E-state index is 5.12. The van der Waals surface area contributed by atoms with E-state index in [0.29, 0.717) is 5.92 Å². The predicted octanol–water partition coefficient (Wildman–Crippen LogP) is 12.6. The van der Waals surface area contributed by atoms with Gasteiger partial charge in [0.15, 0.2) is 0 Å². The first-order valence-electron chi connectivity index (χ1n) is 18.3. The van der Waals surface area contributed by atoms with Gasteiger partial charge in [0.05, 0.1) is 22.1 Å². The summed E-state index contributed by atoms with van der Waals surface area (Å²) in [4.78, 5) is 10.2. The molecule has 2 heterocycles. The molecule has 0 amide bonds. The third-order valence-corrected chi connectivity index (χ3v) is 10.5. The van der Waals surface area contributed by atoms with Gasteiger partial charge in [-0.3, -0.25) is 9.13 Å². The van der Waals surface area contributed by atoms with Crippen LogP contribution in [0.2, 0.25) is 0 Å². The predicted molar refractivity (Wildman–Crippen MR) is 221 cm³/mol. The summed E-state index contributed by atoms with van der Waals surface area (Å²) >= 11 is 0. The molecule has 0 N–H and O–H groups in total. The minimum Gasteiger partial charge on any atom is -0.293 e. The van der Waals surface area contributed by atoms with E-state index in [1.165, 1.54) is 38.7 Å². The highest BCUT2D eigenvalue weighted by Crippen LogP contribution is 2.38. The number of fused-ring (bicyclic) bond motifs is 3. The molecule has 0 fully saturated rings. The molecule has 53 heavy (non-hydrogen) atoms. The van der Waals surface area contributed by atoms with Gasteiger partial charge in [-0.15, -0.1) is 0 Å². The fourth-order valence-corrected chi connectivity index (χ4v) is 7.92. The van der Waals surface area contributed by atoms with Gasteiger partial charge in [0.25, 0.3) is 0 Å². The smallest absolute Gasteiger partial charge is 0.145 e. The van der Waals surface area contributed by atoms with Gasteiger partial charge in [-0.1, -0.05) is 146 Å². The van der Waals surface area contributed by atoms with Gasteiger partial charge >= 0.3 is 0 Å². The van der Waals surface area contributed by atoms with Crippen LogP contribution in [0.1, 0.15) is 13.3 Å². The lowest BCUT2D eigenvalue weighted by Gasteiger charge is -2.17. The van der Waals surface area contributed by atoms with E-state index in [4.69, 9.17) is 9.97 Å². The second-order valence-corrected chi connectivity index (χ2v) is 13.9. The number of para-hydroxylation sites is 5. The number of hydrogen-bond donors (Lipinski definition) is 0. The first-order chi connectivity index (χ1) is 26.2. The molecular weight excluding hydrogens is 645 g/mol. The Bertz CT molecular complexity index is 2850. The van der Waals surface area contributed by atoms with Gasteiger partial charge in [-0.05, 0) is 87.8 Å². The second-order valence-electron chi connectivity index (χ2n) is 13.9. The summed E-state index contributed by atoms with van der Waals surface area (Å²) < 4.78 is 4.56. The first kappa shape index (κ1) is 31.0. The van der Waals surface area contributed by atoms with Crippen molar-refractivity contribution in [2.75, 3.05) is 0 Å². The van der Waals surface area contributed by atoms with E-state index in [1.54, 1.807) is 0 Å². The number of nitrogens with zero attached hydrogens (tertiary/aromatic N) is 4. The number of allylic oxidation sites excluding steroid dienone is 4. The van der Waals surface area contributed by atoms with Crippen LogP contribution in [0.4, 0.5) is 0 Å². The van der Waals surface area contributed by atoms with E-state index in [0.717, 1.165) is 57.0 Å². The molecule has 0 aliphatic heterocycles. The summed E-state index contributed by atoms with van der Waals surface area (Å²) in [6.45, 7) is 2.27. The minimum atomic E-state index is 0.491. The number of benzene rings is 7. The average molecular weight is 681 g/mol. The Labute approximate surface area is 308 Å². The van der Waals surface area contributed by atoms with Crippen molar-refractivity contribution in [3.8, 4) is 50.7 Å². The molecule has 0 bridgehead atoms. The summed E-state index contributed by atoms with van der Waals surface area (Å²) in [5.41, 5.74) is 13.4. The van der Waals surface area contributed by atoms with E-state index < -0.39 is 0 Å². The van der Waals surface area contributed by atoms with Crippen molar-refractivity contribution < 1.29 is 0 Å². The number of hydrogen-bond acceptors (Lipinski definition) is 2. The molecule has 0 radical (unpaired) electrons. The van der Waals surface area contributed by atoms with Gasteiger partial charge in [0.1, 0.15) is 11.6 Å². The lowest BCUT2D eigenvalue weighted by molar-refractivity contribution is 0.734. The van der Waals surface area contributed by atoms with Gasteiger partial charge < -0.3 is 0 Å². The Kier molecular flexibility index (Phi) is 7.47. The van der Waals surface area contributed by atoms with Crippen LogP contribution in [0.25, 0.3) is 89.3 Å². The summed E-state index contributed by atoms with van der Waals surface area (Å²) in [6, 6.07) is 58.3. The number of aromatic nitrogens is 4. The van der Waals surface area contributed by atoms with Crippen LogP contribution in [-0.4, -0.2) is 19.1 Å². The standard InChI is InChI=1S/C49H36N4/c1-33-12-9-15-39(32-33)53-47-23-8-6-21-45(47)51-49(53)37-30-26-35(27-31-37)41-17-11-18-42-40(16-10-19-43(41)42)34-24-28-36(29-25-34)48-50-44-20-5-7-22-46(44)52(48)38-13-3-2-4-14-38/h2-11,13-33H,12H2,1H3. The van der Waals surface area contributed by atoms with Crippen LogP contribution < -0.4 is 0 Å². The van der Waals surface area contributed by atoms with E-state index in [-0.39, 0.29) is 0 Å². The zero-order valence-electron chi connectivity index (χ0n) is 29.4. The topological polar surface area (TPSA) is 35.6 Å². The molecule has 1 unspecified atom stereocenters. The highest BCUT2D eigenvalue weighted by atomic mass is 15.1.